The number of piperidine rings is 1. The van der Waals surface area contributed by atoms with Crippen molar-refractivity contribution in [3.63, 3.8) is 0 Å². The Bertz CT molecular complexity index is 679. The van der Waals surface area contributed by atoms with E-state index in [1.807, 2.05) is 0 Å². The van der Waals surface area contributed by atoms with Crippen LogP contribution in [0.15, 0.2) is 4.52 Å². The number of aryl methyl sites for hydroxylation is 1. The van der Waals surface area contributed by atoms with Crippen LogP contribution < -0.4 is 0 Å². The molecule has 8 nitrogen and oxygen atoms in total. The summed E-state index contributed by atoms with van der Waals surface area (Å²) < 4.78 is 10.8. The van der Waals surface area contributed by atoms with Crippen LogP contribution in [0.4, 0.5) is 4.79 Å². The second-order valence-corrected chi connectivity index (χ2v) is 7.55. The molecule has 2 amide bonds. The lowest BCUT2D eigenvalue weighted by molar-refractivity contribution is 0.00280. The molecule has 3 heterocycles. The molecule has 0 unspecified atom stereocenters. The number of aliphatic hydroxyl groups excluding tert-OH is 1. The van der Waals surface area contributed by atoms with Crippen LogP contribution in [0.1, 0.15) is 67.3 Å². The number of hydrogen-bond acceptors (Lipinski definition) is 6. The number of carbonyl (C=O) groups excluding carboxylic acids is 2. The Morgan fingerprint density at radius 3 is 2.67 bits per heavy atom. The van der Waals surface area contributed by atoms with E-state index >= 15 is 0 Å². The predicted molar refractivity (Wildman–Crippen MR) is 97.2 cm³/mol. The molecule has 0 bridgehead atoms. The maximum atomic E-state index is 12.7. The quantitative estimate of drug-likeness (QED) is 0.731. The number of amides is 2. The number of rotatable bonds is 7. The van der Waals surface area contributed by atoms with E-state index in [9.17, 15) is 14.7 Å². The van der Waals surface area contributed by atoms with Crippen LogP contribution in [0.5, 0.6) is 0 Å². The van der Waals surface area contributed by atoms with Gasteiger partial charge in [-0.25, -0.2) is 4.79 Å². The minimum Gasteiger partial charge on any atom is -0.441 e. The summed E-state index contributed by atoms with van der Waals surface area (Å²) in [6.45, 7) is 5.88. The molecule has 2 fully saturated rings. The lowest BCUT2D eigenvalue weighted by Crippen LogP contribution is -2.49. The molecule has 0 aliphatic carbocycles. The van der Waals surface area contributed by atoms with E-state index in [1.165, 1.54) is 12.8 Å². The van der Waals surface area contributed by atoms with Gasteiger partial charge in [0.1, 0.15) is 11.4 Å². The Labute approximate surface area is 159 Å². The third kappa shape index (κ3) is 4.10. The van der Waals surface area contributed by atoms with E-state index < -0.39 is 5.60 Å². The van der Waals surface area contributed by atoms with Gasteiger partial charge in [-0.1, -0.05) is 31.3 Å². The smallest absolute Gasteiger partial charge is 0.410 e. The molecule has 1 N–H and O–H groups in total. The molecule has 0 saturated carbocycles. The van der Waals surface area contributed by atoms with Crippen molar-refractivity contribution in [2.45, 2.75) is 64.6 Å². The van der Waals surface area contributed by atoms with Crippen LogP contribution in [-0.2, 0) is 11.3 Å². The summed E-state index contributed by atoms with van der Waals surface area (Å²) in [5.74, 6) is 0.212. The van der Waals surface area contributed by atoms with Crippen LogP contribution in [0.25, 0.3) is 0 Å². The van der Waals surface area contributed by atoms with Crippen LogP contribution in [0, 0.1) is 6.92 Å². The van der Waals surface area contributed by atoms with Crippen molar-refractivity contribution in [2.24, 2.45) is 0 Å². The molecule has 2 saturated heterocycles. The molecule has 3 rings (SSSR count). The Balaban J connectivity index is 1.55. The zero-order valence-corrected chi connectivity index (χ0v) is 16.2. The fourth-order valence-electron chi connectivity index (χ4n) is 3.87. The first kappa shape index (κ1) is 19.7. The van der Waals surface area contributed by atoms with Crippen molar-refractivity contribution in [1.29, 1.82) is 0 Å². The molecule has 2 aliphatic heterocycles. The number of nitrogens with zero attached hydrogens (tertiary/aromatic N) is 3. The van der Waals surface area contributed by atoms with Crippen LogP contribution in [-0.4, -0.2) is 63.8 Å². The van der Waals surface area contributed by atoms with Gasteiger partial charge in [0.2, 0.25) is 0 Å². The van der Waals surface area contributed by atoms with E-state index in [4.69, 9.17) is 9.26 Å². The molecule has 27 heavy (non-hydrogen) atoms. The van der Waals surface area contributed by atoms with Gasteiger partial charge in [-0.15, -0.1) is 0 Å². The predicted octanol–water partition coefficient (Wildman–Crippen LogP) is 2.48. The summed E-state index contributed by atoms with van der Waals surface area (Å²) in [7, 11) is 0. The van der Waals surface area contributed by atoms with Crippen molar-refractivity contribution in [1.82, 2.24) is 15.0 Å². The molecule has 1 spiro atoms. The second-order valence-electron chi connectivity index (χ2n) is 7.55. The fourth-order valence-corrected chi connectivity index (χ4v) is 3.87. The minimum atomic E-state index is -0.488. The maximum absolute atomic E-state index is 12.7. The van der Waals surface area contributed by atoms with Gasteiger partial charge in [0.05, 0.1) is 18.7 Å². The first-order valence-electron chi connectivity index (χ1n) is 9.83. The zero-order chi connectivity index (χ0) is 19.4. The topological polar surface area (TPSA) is 96.1 Å². The normalized spacial score (nSPS) is 19.0. The van der Waals surface area contributed by atoms with Gasteiger partial charge < -0.3 is 24.2 Å². The van der Waals surface area contributed by atoms with Gasteiger partial charge in [-0.05, 0) is 13.3 Å². The molecule has 1 aromatic rings. The number of aromatic nitrogens is 1. The van der Waals surface area contributed by atoms with E-state index in [2.05, 4.69) is 12.1 Å². The maximum Gasteiger partial charge on any atom is 0.410 e. The Hall–Kier alpha value is -2.09. The van der Waals surface area contributed by atoms with Gasteiger partial charge in [0, 0.05) is 32.5 Å². The highest BCUT2D eigenvalue weighted by molar-refractivity contribution is 5.93. The molecule has 150 valence electrons. The number of aliphatic hydroxyl groups is 1. The van der Waals surface area contributed by atoms with E-state index in [0.717, 1.165) is 19.4 Å². The van der Waals surface area contributed by atoms with Gasteiger partial charge >= 0.3 is 6.09 Å². The van der Waals surface area contributed by atoms with Gasteiger partial charge in [-0.2, -0.15) is 0 Å². The Morgan fingerprint density at radius 2 is 2.00 bits per heavy atom. The Kier molecular flexibility index (Phi) is 6.04. The number of likely N-dealkylation sites (tertiary alicyclic amines) is 1. The number of carbonyl (C=O) groups is 2. The lowest BCUT2D eigenvalue weighted by Gasteiger charge is -2.37. The van der Waals surface area contributed by atoms with Crippen molar-refractivity contribution >= 4 is 12.0 Å². The summed E-state index contributed by atoms with van der Waals surface area (Å²) in [5, 5.41) is 13.2. The second kappa shape index (κ2) is 8.29. The highest BCUT2D eigenvalue weighted by Crippen LogP contribution is 2.34. The molecular weight excluding hydrogens is 350 g/mol. The van der Waals surface area contributed by atoms with Crippen molar-refractivity contribution in [3.05, 3.63) is 17.0 Å². The Morgan fingerprint density at radius 1 is 1.26 bits per heavy atom. The number of unbranched alkanes of at least 4 members (excludes halogenated alkanes) is 3. The lowest BCUT2D eigenvalue weighted by atomic mass is 9.91. The minimum absolute atomic E-state index is 0.173. The standard InChI is InChI=1S/C19H29N3O5/c1-3-4-5-6-9-22-13-19(26-18(22)25)7-10-21(11-8-19)17(24)16-15(12-23)14(2)27-20-16/h23H,3-13H2,1-2H3. The van der Waals surface area contributed by atoms with Crippen molar-refractivity contribution in [3.8, 4) is 0 Å². The zero-order valence-electron chi connectivity index (χ0n) is 16.2. The highest BCUT2D eigenvalue weighted by Gasteiger charge is 2.47. The summed E-state index contributed by atoms with van der Waals surface area (Å²) >= 11 is 0. The van der Waals surface area contributed by atoms with Crippen LogP contribution in [0.3, 0.4) is 0 Å². The molecule has 0 atom stereocenters. The van der Waals surface area contributed by atoms with Gasteiger partial charge in [0.15, 0.2) is 5.69 Å². The van der Waals surface area contributed by atoms with Crippen LogP contribution in [0.2, 0.25) is 0 Å². The SMILES string of the molecule is CCCCCCN1CC2(CCN(C(=O)c3noc(C)c3CO)CC2)OC1=O. The third-order valence-electron chi connectivity index (χ3n) is 5.63. The van der Waals surface area contributed by atoms with Gasteiger partial charge in [0.25, 0.3) is 5.91 Å². The van der Waals surface area contributed by atoms with Gasteiger partial charge in [-0.3, -0.25) is 4.79 Å². The molecular formula is C19H29N3O5. The fraction of sp³-hybridized carbons (Fsp3) is 0.737. The monoisotopic (exact) mass is 379 g/mol. The summed E-state index contributed by atoms with van der Waals surface area (Å²) in [5.41, 5.74) is 0.121. The summed E-state index contributed by atoms with van der Waals surface area (Å²) in [6.07, 6.45) is 5.46. The van der Waals surface area contributed by atoms with Crippen molar-refractivity contribution in [2.75, 3.05) is 26.2 Å². The molecule has 0 aromatic carbocycles. The highest BCUT2D eigenvalue weighted by atomic mass is 16.6. The first-order valence-corrected chi connectivity index (χ1v) is 9.83. The first-order chi connectivity index (χ1) is 13.0. The van der Waals surface area contributed by atoms with Crippen molar-refractivity contribution < 1.29 is 24.0 Å². The van der Waals surface area contributed by atoms with E-state index in [-0.39, 0.29) is 24.3 Å². The molecule has 2 aliphatic rings. The van der Waals surface area contributed by atoms with E-state index in [0.29, 0.717) is 43.8 Å². The van der Waals surface area contributed by atoms with Crippen LogP contribution >= 0.6 is 0 Å². The largest absolute Gasteiger partial charge is 0.441 e. The third-order valence-corrected chi connectivity index (χ3v) is 5.63. The summed E-state index contributed by atoms with van der Waals surface area (Å²) in [6, 6.07) is 0. The average molecular weight is 379 g/mol. The average Bonchev–Trinajstić information content (AvgIpc) is 3.18. The summed E-state index contributed by atoms with van der Waals surface area (Å²) in [4.78, 5) is 28.4. The number of ether oxygens (including phenoxy) is 1. The van der Waals surface area contributed by atoms with E-state index in [1.54, 1.807) is 16.7 Å². The molecule has 1 aromatic heterocycles. The number of hydrogen-bond donors (Lipinski definition) is 1. The molecule has 0 radical (unpaired) electrons. The molecule has 8 heteroatoms.